The Kier molecular flexibility index (Phi) is 5.20. The number of nitrogens with one attached hydrogen (secondary N) is 1. The maximum absolute atomic E-state index is 3.82. The van der Waals surface area contributed by atoms with E-state index in [2.05, 4.69) is 30.6 Å². The highest BCUT2D eigenvalue weighted by Gasteiger charge is 2.20. The summed E-state index contributed by atoms with van der Waals surface area (Å²) < 4.78 is 0. The Morgan fingerprint density at radius 2 is 2.29 bits per heavy atom. The molecule has 0 aliphatic carbocycles. The Balaban J connectivity index is 2.33. The summed E-state index contributed by atoms with van der Waals surface area (Å²) >= 11 is 0. The molecule has 1 atom stereocenters. The second-order valence-corrected chi connectivity index (χ2v) is 4.50. The molecule has 1 aliphatic rings. The van der Waals surface area contributed by atoms with Gasteiger partial charge in [-0.1, -0.05) is 26.3 Å². The van der Waals surface area contributed by atoms with Gasteiger partial charge in [-0.3, -0.25) is 4.90 Å². The third-order valence-electron chi connectivity index (χ3n) is 2.87. The van der Waals surface area contributed by atoms with Crippen LogP contribution in [0.4, 0.5) is 0 Å². The van der Waals surface area contributed by atoms with E-state index in [9.17, 15) is 0 Å². The monoisotopic (exact) mass is 196 g/mol. The molecule has 1 aliphatic heterocycles. The Labute approximate surface area is 88.4 Å². The second-order valence-electron chi connectivity index (χ2n) is 4.50. The molecule has 14 heavy (non-hydrogen) atoms. The van der Waals surface area contributed by atoms with Gasteiger partial charge in [0.2, 0.25) is 0 Å². The minimum atomic E-state index is 0.600. The van der Waals surface area contributed by atoms with E-state index < -0.39 is 0 Å². The molecule has 1 fully saturated rings. The van der Waals surface area contributed by atoms with Crippen molar-refractivity contribution in [3.8, 4) is 0 Å². The highest BCUT2D eigenvalue weighted by Crippen LogP contribution is 2.16. The van der Waals surface area contributed by atoms with Crippen molar-refractivity contribution in [2.24, 2.45) is 0 Å². The van der Waals surface area contributed by atoms with Crippen molar-refractivity contribution in [3.63, 3.8) is 0 Å². The van der Waals surface area contributed by atoms with Gasteiger partial charge in [0.15, 0.2) is 0 Å². The molecule has 82 valence electrons. The molecule has 1 rings (SSSR count). The maximum atomic E-state index is 3.82. The predicted octanol–water partition coefficient (Wildman–Crippen LogP) is 2.02. The zero-order chi connectivity index (χ0) is 10.4. The summed E-state index contributed by atoms with van der Waals surface area (Å²) in [6.07, 6.45) is 6.10. The van der Waals surface area contributed by atoms with Gasteiger partial charge in [-0.25, -0.2) is 0 Å². The zero-order valence-corrected chi connectivity index (χ0v) is 9.63. The third kappa shape index (κ3) is 3.81. The molecule has 0 spiro atoms. The van der Waals surface area contributed by atoms with Crippen molar-refractivity contribution in [1.82, 2.24) is 10.2 Å². The smallest absolute Gasteiger partial charge is 0.0224 e. The van der Waals surface area contributed by atoms with Gasteiger partial charge >= 0.3 is 0 Å². The molecule has 0 aromatic carbocycles. The van der Waals surface area contributed by atoms with E-state index in [0.717, 1.165) is 19.1 Å². The van der Waals surface area contributed by atoms with Crippen LogP contribution in [0.15, 0.2) is 12.7 Å². The lowest BCUT2D eigenvalue weighted by molar-refractivity contribution is 0.160. The van der Waals surface area contributed by atoms with Crippen LogP contribution in [0, 0.1) is 0 Å². The Hall–Kier alpha value is -0.340. The van der Waals surface area contributed by atoms with Crippen molar-refractivity contribution < 1.29 is 0 Å². The molecule has 1 saturated heterocycles. The van der Waals surface area contributed by atoms with Crippen LogP contribution >= 0.6 is 0 Å². The summed E-state index contributed by atoms with van der Waals surface area (Å²) in [5, 5.41) is 3.53. The molecular weight excluding hydrogens is 172 g/mol. The summed E-state index contributed by atoms with van der Waals surface area (Å²) in [6.45, 7) is 11.7. The first-order valence-electron chi connectivity index (χ1n) is 5.82. The van der Waals surface area contributed by atoms with Crippen LogP contribution in [-0.4, -0.2) is 36.6 Å². The highest BCUT2D eigenvalue weighted by molar-refractivity contribution is 4.84. The van der Waals surface area contributed by atoms with Gasteiger partial charge in [0.1, 0.15) is 0 Å². The van der Waals surface area contributed by atoms with E-state index in [-0.39, 0.29) is 0 Å². The van der Waals surface area contributed by atoms with Crippen LogP contribution in [0.1, 0.15) is 33.1 Å². The molecule has 0 saturated carbocycles. The van der Waals surface area contributed by atoms with Crippen molar-refractivity contribution in [3.05, 3.63) is 12.7 Å². The molecule has 2 heteroatoms. The fourth-order valence-electron chi connectivity index (χ4n) is 2.07. The second kappa shape index (κ2) is 6.20. The van der Waals surface area contributed by atoms with Crippen LogP contribution in [-0.2, 0) is 0 Å². The van der Waals surface area contributed by atoms with Crippen LogP contribution in [0.2, 0.25) is 0 Å². The first-order chi connectivity index (χ1) is 6.74. The Bertz CT molecular complexity index is 166. The molecule has 0 aromatic rings. The topological polar surface area (TPSA) is 15.3 Å². The molecular formula is C12H24N2. The van der Waals surface area contributed by atoms with E-state index >= 15 is 0 Å². The van der Waals surface area contributed by atoms with Gasteiger partial charge < -0.3 is 5.32 Å². The number of nitrogens with zero attached hydrogens (tertiary/aromatic N) is 1. The van der Waals surface area contributed by atoms with Crippen molar-refractivity contribution in [1.29, 1.82) is 0 Å². The molecule has 1 unspecified atom stereocenters. The summed E-state index contributed by atoms with van der Waals surface area (Å²) in [7, 11) is 0. The largest absolute Gasteiger partial charge is 0.313 e. The van der Waals surface area contributed by atoms with Gasteiger partial charge in [0.25, 0.3) is 0 Å². The van der Waals surface area contributed by atoms with Gasteiger partial charge in [-0.05, 0) is 19.4 Å². The average molecular weight is 196 g/mol. The molecule has 0 aromatic heterocycles. The summed E-state index contributed by atoms with van der Waals surface area (Å²) in [6, 6.07) is 1.33. The van der Waals surface area contributed by atoms with Gasteiger partial charge in [-0.2, -0.15) is 0 Å². The van der Waals surface area contributed by atoms with E-state index in [1.807, 2.05) is 6.08 Å². The van der Waals surface area contributed by atoms with Crippen LogP contribution in [0.5, 0.6) is 0 Å². The summed E-state index contributed by atoms with van der Waals surface area (Å²) in [5.41, 5.74) is 0. The van der Waals surface area contributed by atoms with Crippen LogP contribution < -0.4 is 5.32 Å². The van der Waals surface area contributed by atoms with Crippen molar-refractivity contribution >= 4 is 0 Å². The van der Waals surface area contributed by atoms with Gasteiger partial charge in [-0.15, -0.1) is 6.58 Å². The molecule has 0 bridgehead atoms. The Morgan fingerprint density at radius 3 is 2.93 bits per heavy atom. The average Bonchev–Trinajstić information content (AvgIpc) is 2.17. The molecule has 1 N–H and O–H groups in total. The first-order valence-corrected chi connectivity index (χ1v) is 5.82. The maximum Gasteiger partial charge on any atom is 0.0224 e. The third-order valence-corrected chi connectivity index (χ3v) is 2.87. The van der Waals surface area contributed by atoms with Gasteiger partial charge in [0.05, 0.1) is 0 Å². The normalized spacial score (nSPS) is 24.1. The molecule has 1 heterocycles. The quantitative estimate of drug-likeness (QED) is 0.677. The van der Waals surface area contributed by atoms with E-state index in [0.29, 0.717) is 6.04 Å². The van der Waals surface area contributed by atoms with E-state index in [4.69, 9.17) is 0 Å². The van der Waals surface area contributed by atoms with E-state index in [1.54, 1.807) is 0 Å². The number of hydrogen-bond donors (Lipinski definition) is 1. The number of likely N-dealkylation sites (tertiary alicyclic amines) is 1. The van der Waals surface area contributed by atoms with Crippen molar-refractivity contribution in [2.75, 3.05) is 19.6 Å². The van der Waals surface area contributed by atoms with Gasteiger partial charge in [0, 0.05) is 25.2 Å². The minimum Gasteiger partial charge on any atom is -0.313 e. The Morgan fingerprint density at radius 1 is 1.50 bits per heavy atom. The SMILES string of the molecule is C=CCN1CCCCC1CNC(C)C. The molecule has 2 nitrogen and oxygen atoms in total. The number of piperidine rings is 1. The van der Waals surface area contributed by atoms with E-state index in [1.165, 1.54) is 25.8 Å². The number of rotatable bonds is 5. The molecule has 0 amide bonds. The summed E-state index contributed by atoms with van der Waals surface area (Å²) in [5.74, 6) is 0. The molecule has 0 radical (unpaired) electrons. The lowest BCUT2D eigenvalue weighted by Crippen LogP contribution is -2.46. The van der Waals surface area contributed by atoms with Crippen molar-refractivity contribution in [2.45, 2.75) is 45.2 Å². The van der Waals surface area contributed by atoms with Crippen LogP contribution in [0.25, 0.3) is 0 Å². The number of hydrogen-bond acceptors (Lipinski definition) is 2. The highest BCUT2D eigenvalue weighted by atomic mass is 15.2. The fourth-order valence-corrected chi connectivity index (χ4v) is 2.07. The predicted molar refractivity (Wildman–Crippen MR) is 62.5 cm³/mol. The summed E-state index contributed by atoms with van der Waals surface area (Å²) in [4.78, 5) is 2.55. The minimum absolute atomic E-state index is 0.600. The fraction of sp³-hybridized carbons (Fsp3) is 0.833. The zero-order valence-electron chi connectivity index (χ0n) is 9.63. The van der Waals surface area contributed by atoms with Crippen LogP contribution in [0.3, 0.4) is 0 Å². The lowest BCUT2D eigenvalue weighted by atomic mass is 10.0. The lowest BCUT2D eigenvalue weighted by Gasteiger charge is -2.35. The first kappa shape index (κ1) is 11.7. The standard InChI is InChI=1S/C12H24N2/c1-4-8-14-9-6-5-7-12(14)10-13-11(2)3/h4,11-13H,1,5-10H2,2-3H3.